The van der Waals surface area contributed by atoms with Crippen molar-refractivity contribution in [1.82, 2.24) is 5.32 Å². The third kappa shape index (κ3) is 5.62. The van der Waals surface area contributed by atoms with Crippen LogP contribution >= 0.6 is 0 Å². The SMILES string of the molecule is CCC(CC1CC1)NCC(O)COc1ccccc1. The van der Waals surface area contributed by atoms with E-state index in [1.165, 1.54) is 19.3 Å². The fourth-order valence-corrected chi connectivity index (χ4v) is 2.22. The number of ether oxygens (including phenoxy) is 1. The second-order valence-electron chi connectivity index (χ2n) is 5.47. The van der Waals surface area contributed by atoms with Crippen LogP contribution in [-0.2, 0) is 0 Å². The molecule has 0 aliphatic heterocycles. The number of hydrogen-bond acceptors (Lipinski definition) is 3. The van der Waals surface area contributed by atoms with Gasteiger partial charge in [0.05, 0.1) is 0 Å². The molecule has 3 nitrogen and oxygen atoms in total. The first-order valence-electron chi connectivity index (χ1n) is 7.37. The van der Waals surface area contributed by atoms with E-state index in [4.69, 9.17) is 4.74 Å². The summed E-state index contributed by atoms with van der Waals surface area (Å²) in [5.74, 6) is 1.74. The van der Waals surface area contributed by atoms with Gasteiger partial charge in [0.2, 0.25) is 0 Å². The van der Waals surface area contributed by atoms with E-state index in [-0.39, 0.29) is 0 Å². The molecule has 2 rings (SSSR count). The Labute approximate surface area is 116 Å². The predicted molar refractivity (Wildman–Crippen MR) is 77.4 cm³/mol. The van der Waals surface area contributed by atoms with Gasteiger partial charge in [0, 0.05) is 12.6 Å². The Bertz CT molecular complexity index is 351. The predicted octanol–water partition coefficient (Wildman–Crippen LogP) is 2.59. The van der Waals surface area contributed by atoms with E-state index < -0.39 is 6.10 Å². The third-order valence-electron chi connectivity index (χ3n) is 3.64. The molecule has 3 heteroatoms. The smallest absolute Gasteiger partial charge is 0.119 e. The van der Waals surface area contributed by atoms with Gasteiger partial charge in [0.1, 0.15) is 18.5 Å². The fraction of sp³-hybridized carbons (Fsp3) is 0.625. The van der Waals surface area contributed by atoms with Crippen LogP contribution in [0.4, 0.5) is 0 Å². The summed E-state index contributed by atoms with van der Waals surface area (Å²) in [6, 6.07) is 10.2. The molecule has 1 aromatic rings. The molecule has 2 unspecified atom stereocenters. The average Bonchev–Trinajstić information content (AvgIpc) is 3.26. The van der Waals surface area contributed by atoms with Crippen molar-refractivity contribution < 1.29 is 9.84 Å². The van der Waals surface area contributed by atoms with Gasteiger partial charge in [-0.3, -0.25) is 0 Å². The van der Waals surface area contributed by atoms with E-state index >= 15 is 0 Å². The number of rotatable bonds is 9. The minimum atomic E-state index is -0.451. The highest BCUT2D eigenvalue weighted by Crippen LogP contribution is 2.33. The maximum atomic E-state index is 9.92. The summed E-state index contributed by atoms with van der Waals surface area (Å²) in [5, 5.41) is 13.4. The molecule has 0 bridgehead atoms. The Morgan fingerprint density at radius 1 is 1.32 bits per heavy atom. The normalized spacial score (nSPS) is 18.0. The lowest BCUT2D eigenvalue weighted by molar-refractivity contribution is 0.103. The Balaban J connectivity index is 1.61. The van der Waals surface area contributed by atoms with Gasteiger partial charge < -0.3 is 15.2 Å². The zero-order valence-corrected chi connectivity index (χ0v) is 11.7. The van der Waals surface area contributed by atoms with Crippen LogP contribution in [0.1, 0.15) is 32.6 Å². The maximum Gasteiger partial charge on any atom is 0.119 e. The van der Waals surface area contributed by atoms with Crippen molar-refractivity contribution in [2.24, 2.45) is 5.92 Å². The quantitative estimate of drug-likeness (QED) is 0.719. The van der Waals surface area contributed by atoms with Gasteiger partial charge in [-0.25, -0.2) is 0 Å². The molecule has 0 amide bonds. The molecule has 0 aromatic heterocycles. The lowest BCUT2D eigenvalue weighted by Crippen LogP contribution is -2.38. The number of benzene rings is 1. The van der Waals surface area contributed by atoms with Crippen molar-refractivity contribution in [2.75, 3.05) is 13.2 Å². The van der Waals surface area contributed by atoms with Crippen molar-refractivity contribution in [3.8, 4) is 5.75 Å². The summed E-state index contributed by atoms with van der Waals surface area (Å²) in [4.78, 5) is 0. The van der Waals surface area contributed by atoms with Crippen LogP contribution in [0.25, 0.3) is 0 Å². The molecule has 0 saturated heterocycles. The molecule has 1 saturated carbocycles. The maximum absolute atomic E-state index is 9.92. The summed E-state index contributed by atoms with van der Waals surface area (Å²) in [6.45, 7) is 3.15. The number of aliphatic hydroxyl groups is 1. The molecule has 1 fully saturated rings. The first kappa shape index (κ1) is 14.4. The first-order chi connectivity index (χ1) is 9.28. The van der Waals surface area contributed by atoms with Gasteiger partial charge in [-0.05, 0) is 30.9 Å². The third-order valence-corrected chi connectivity index (χ3v) is 3.64. The van der Waals surface area contributed by atoms with Crippen LogP contribution in [-0.4, -0.2) is 30.4 Å². The van der Waals surface area contributed by atoms with E-state index in [1.807, 2.05) is 30.3 Å². The molecular formula is C16H25NO2. The van der Waals surface area contributed by atoms with Crippen molar-refractivity contribution in [2.45, 2.75) is 44.8 Å². The molecule has 1 aromatic carbocycles. The molecule has 1 aliphatic carbocycles. The topological polar surface area (TPSA) is 41.5 Å². The van der Waals surface area contributed by atoms with E-state index in [2.05, 4.69) is 12.2 Å². The summed E-state index contributed by atoms with van der Waals surface area (Å²) in [5.41, 5.74) is 0. The highest BCUT2D eigenvalue weighted by molar-refractivity contribution is 5.20. The molecule has 0 radical (unpaired) electrons. The summed E-state index contributed by atoms with van der Waals surface area (Å²) in [6.07, 6.45) is 4.70. The van der Waals surface area contributed by atoms with Gasteiger partial charge in [-0.1, -0.05) is 38.0 Å². The van der Waals surface area contributed by atoms with E-state index in [0.717, 1.165) is 18.1 Å². The largest absolute Gasteiger partial charge is 0.491 e. The minimum absolute atomic E-state index is 0.344. The molecule has 1 aliphatic rings. The summed E-state index contributed by atoms with van der Waals surface area (Å²) >= 11 is 0. The Hall–Kier alpha value is -1.06. The minimum Gasteiger partial charge on any atom is -0.491 e. The molecule has 2 atom stereocenters. The molecule has 0 spiro atoms. The molecule has 0 heterocycles. The second-order valence-corrected chi connectivity index (χ2v) is 5.47. The lowest BCUT2D eigenvalue weighted by Gasteiger charge is -2.19. The van der Waals surface area contributed by atoms with Gasteiger partial charge in [0.25, 0.3) is 0 Å². The van der Waals surface area contributed by atoms with Crippen molar-refractivity contribution in [1.29, 1.82) is 0 Å². The molecule has 2 N–H and O–H groups in total. The molecular weight excluding hydrogens is 238 g/mol. The van der Waals surface area contributed by atoms with Gasteiger partial charge in [-0.2, -0.15) is 0 Å². The Kier molecular flexibility index (Phi) is 5.67. The summed E-state index contributed by atoms with van der Waals surface area (Å²) in [7, 11) is 0. The zero-order valence-electron chi connectivity index (χ0n) is 11.7. The van der Waals surface area contributed by atoms with Crippen LogP contribution in [0.2, 0.25) is 0 Å². The van der Waals surface area contributed by atoms with Crippen LogP contribution in [0.5, 0.6) is 5.75 Å². The first-order valence-corrected chi connectivity index (χ1v) is 7.37. The number of hydrogen-bond donors (Lipinski definition) is 2. The lowest BCUT2D eigenvalue weighted by atomic mass is 10.1. The van der Waals surface area contributed by atoms with Gasteiger partial charge in [-0.15, -0.1) is 0 Å². The van der Waals surface area contributed by atoms with E-state index in [1.54, 1.807) is 0 Å². The zero-order chi connectivity index (χ0) is 13.5. The molecule has 106 valence electrons. The highest BCUT2D eigenvalue weighted by Gasteiger charge is 2.24. The number of aliphatic hydroxyl groups excluding tert-OH is 1. The number of para-hydroxylation sites is 1. The van der Waals surface area contributed by atoms with Gasteiger partial charge >= 0.3 is 0 Å². The van der Waals surface area contributed by atoms with Crippen molar-refractivity contribution in [3.63, 3.8) is 0 Å². The van der Waals surface area contributed by atoms with Crippen LogP contribution in [0, 0.1) is 5.92 Å². The number of nitrogens with one attached hydrogen (secondary N) is 1. The van der Waals surface area contributed by atoms with E-state index in [9.17, 15) is 5.11 Å². The van der Waals surface area contributed by atoms with Gasteiger partial charge in [0.15, 0.2) is 0 Å². The van der Waals surface area contributed by atoms with Crippen molar-refractivity contribution in [3.05, 3.63) is 30.3 Å². The Morgan fingerprint density at radius 3 is 2.68 bits per heavy atom. The van der Waals surface area contributed by atoms with Crippen LogP contribution < -0.4 is 10.1 Å². The second kappa shape index (κ2) is 7.51. The van der Waals surface area contributed by atoms with Crippen molar-refractivity contribution >= 4 is 0 Å². The molecule has 19 heavy (non-hydrogen) atoms. The monoisotopic (exact) mass is 263 g/mol. The van der Waals surface area contributed by atoms with Crippen LogP contribution in [0.3, 0.4) is 0 Å². The van der Waals surface area contributed by atoms with E-state index in [0.29, 0.717) is 19.2 Å². The Morgan fingerprint density at radius 2 is 2.05 bits per heavy atom. The summed E-state index contributed by atoms with van der Waals surface area (Å²) < 4.78 is 5.54. The highest BCUT2D eigenvalue weighted by atomic mass is 16.5. The standard InChI is InChI=1S/C16H25NO2/c1-2-14(10-13-8-9-13)17-11-15(18)12-19-16-6-4-3-5-7-16/h3-7,13-15,17-18H,2,8-12H2,1H3. The average molecular weight is 263 g/mol. The fourth-order valence-electron chi connectivity index (χ4n) is 2.22. The van der Waals surface area contributed by atoms with Crippen LogP contribution in [0.15, 0.2) is 30.3 Å².